The predicted octanol–water partition coefficient (Wildman–Crippen LogP) is 0.453. The molecule has 0 aliphatic heterocycles. The van der Waals surface area contributed by atoms with E-state index in [2.05, 4.69) is 0 Å². The van der Waals surface area contributed by atoms with Crippen LogP contribution in [0.15, 0.2) is 0 Å². The van der Waals surface area contributed by atoms with Gasteiger partial charge in [-0.05, 0) is 27.7 Å². The topological polar surface area (TPSA) is 55.8 Å². The number of hydrogen-bond acceptors (Lipinski definition) is 3. The molecular weight excluding hydrogens is 199 g/mol. The molecule has 84 valence electrons. The van der Waals surface area contributed by atoms with Crippen LogP contribution >= 0.6 is 0 Å². The van der Waals surface area contributed by atoms with Gasteiger partial charge in [-0.25, -0.2) is 0 Å². The van der Waals surface area contributed by atoms with E-state index >= 15 is 0 Å². The number of carboxylic acids is 1. The molecule has 0 aromatic rings. The first-order valence-electron chi connectivity index (χ1n) is 4.44. The van der Waals surface area contributed by atoms with Crippen molar-refractivity contribution in [1.29, 1.82) is 0 Å². The molecule has 5 heteroatoms. The van der Waals surface area contributed by atoms with Crippen LogP contribution in [0.1, 0.15) is 34.1 Å². The molecule has 0 saturated carbocycles. The maximum Gasteiger partial charge on any atom is 0.308 e. The Morgan fingerprint density at radius 1 is 1.14 bits per heavy atom. The zero-order chi connectivity index (χ0) is 10.4. The average molecular weight is 220 g/mol. The molecule has 0 bridgehead atoms. The molecule has 0 aliphatic carbocycles. The van der Waals surface area contributed by atoms with Crippen LogP contribution in [-0.2, 0) is 14.3 Å². The Morgan fingerprint density at radius 3 is 1.71 bits per heavy atom. The molecule has 0 spiro atoms. The first-order chi connectivity index (χ1) is 5.91. The van der Waals surface area contributed by atoms with Crippen LogP contribution in [0, 0.1) is 0 Å². The van der Waals surface area contributed by atoms with E-state index in [-0.39, 0.29) is 36.0 Å². The van der Waals surface area contributed by atoms with Crippen LogP contribution in [0.4, 0.5) is 0 Å². The highest BCUT2D eigenvalue weighted by molar-refractivity contribution is 5.75. The second kappa shape index (κ2) is 8.25. The third kappa shape index (κ3) is 10.0. The van der Waals surface area contributed by atoms with Crippen molar-refractivity contribution < 1.29 is 19.4 Å². The number of rotatable bonds is 6. The number of carboxylic acid groups (broad SMARTS) is 1. The van der Waals surface area contributed by atoms with E-state index in [1.165, 1.54) is 0 Å². The Morgan fingerprint density at radius 2 is 1.50 bits per heavy atom. The van der Waals surface area contributed by atoms with Crippen LogP contribution in [-0.4, -0.2) is 46.9 Å². The Kier molecular flexibility index (Phi) is 9.64. The number of carbonyl (C=O) groups is 1. The van der Waals surface area contributed by atoms with E-state index in [9.17, 15) is 4.79 Å². The minimum Gasteiger partial charge on any atom is -0.481 e. The third-order valence-corrected chi connectivity index (χ3v) is 1.19. The molecule has 0 unspecified atom stereocenters. The summed E-state index contributed by atoms with van der Waals surface area (Å²) >= 11 is 0. The van der Waals surface area contributed by atoms with Crippen molar-refractivity contribution in [2.45, 2.75) is 52.6 Å². The largest absolute Gasteiger partial charge is 0.481 e. The zero-order valence-electron chi connectivity index (χ0n) is 8.61. The van der Waals surface area contributed by atoms with Crippen LogP contribution in [0.25, 0.3) is 0 Å². The lowest BCUT2D eigenvalue weighted by Gasteiger charge is -2.21. The molecule has 14 heavy (non-hydrogen) atoms. The highest BCUT2D eigenvalue weighted by Gasteiger charge is 2.16. The normalized spacial score (nSPS) is 10.8. The standard InChI is InChI=1S/C9H18O4.Al.3H/c1-6(2)12-9(5-8(10)11)13-7(3)4;;;;/h6-7,9H,5H2,1-4H3,(H,10,11);;;;. The summed E-state index contributed by atoms with van der Waals surface area (Å²) in [6, 6.07) is 0. The van der Waals surface area contributed by atoms with Gasteiger partial charge in [0.25, 0.3) is 0 Å². The van der Waals surface area contributed by atoms with Crippen molar-refractivity contribution in [2.75, 3.05) is 0 Å². The molecule has 0 amide bonds. The van der Waals surface area contributed by atoms with Crippen molar-refractivity contribution in [3.05, 3.63) is 0 Å². The summed E-state index contributed by atoms with van der Waals surface area (Å²) in [5.74, 6) is -0.911. The third-order valence-electron chi connectivity index (χ3n) is 1.19. The maximum absolute atomic E-state index is 10.4. The first-order valence-corrected chi connectivity index (χ1v) is 4.44. The van der Waals surface area contributed by atoms with Gasteiger partial charge in [-0.3, -0.25) is 4.79 Å². The number of hydrogen-bond donors (Lipinski definition) is 1. The summed E-state index contributed by atoms with van der Waals surface area (Å²) in [7, 11) is 0. The van der Waals surface area contributed by atoms with Gasteiger partial charge in [-0.1, -0.05) is 0 Å². The van der Waals surface area contributed by atoms with Gasteiger partial charge in [-0.2, -0.15) is 0 Å². The lowest BCUT2D eigenvalue weighted by molar-refractivity contribution is -0.191. The summed E-state index contributed by atoms with van der Waals surface area (Å²) in [4.78, 5) is 10.4. The molecule has 0 aromatic heterocycles. The van der Waals surface area contributed by atoms with Crippen LogP contribution in [0.5, 0.6) is 0 Å². The molecule has 1 N–H and O–H groups in total. The summed E-state index contributed by atoms with van der Waals surface area (Å²) in [5, 5.41) is 8.55. The minimum atomic E-state index is -0.911. The molecule has 0 aromatic carbocycles. The fourth-order valence-corrected chi connectivity index (χ4v) is 0.878. The van der Waals surface area contributed by atoms with E-state index in [4.69, 9.17) is 14.6 Å². The van der Waals surface area contributed by atoms with Gasteiger partial charge in [0, 0.05) is 0 Å². The summed E-state index contributed by atoms with van der Waals surface area (Å²) in [6.45, 7) is 7.38. The fourth-order valence-electron chi connectivity index (χ4n) is 0.878. The first kappa shape index (κ1) is 16.4. The Bertz CT molecular complexity index is 149. The highest BCUT2D eigenvalue weighted by Crippen LogP contribution is 2.07. The van der Waals surface area contributed by atoms with Crippen molar-refractivity contribution in [1.82, 2.24) is 0 Å². The lowest BCUT2D eigenvalue weighted by atomic mass is 10.4. The van der Waals surface area contributed by atoms with Crippen LogP contribution < -0.4 is 0 Å². The molecular formula is C9H21AlO4. The second-order valence-corrected chi connectivity index (χ2v) is 3.40. The molecule has 0 rings (SSSR count). The lowest BCUT2D eigenvalue weighted by Crippen LogP contribution is -2.27. The van der Waals surface area contributed by atoms with Gasteiger partial charge in [-0.15, -0.1) is 0 Å². The predicted molar refractivity (Wildman–Crippen MR) is 58.4 cm³/mol. The number of ether oxygens (including phenoxy) is 2. The van der Waals surface area contributed by atoms with Gasteiger partial charge >= 0.3 is 5.97 Å². The van der Waals surface area contributed by atoms with Crippen molar-refractivity contribution >= 4 is 23.3 Å². The Hall–Kier alpha value is -0.0775. The maximum atomic E-state index is 10.4. The molecule has 0 saturated heterocycles. The van der Waals surface area contributed by atoms with Crippen molar-refractivity contribution in [2.24, 2.45) is 0 Å². The van der Waals surface area contributed by atoms with Crippen LogP contribution in [0.3, 0.4) is 0 Å². The summed E-state index contributed by atoms with van der Waals surface area (Å²) in [6.07, 6.45) is -0.806. The SMILES string of the molecule is CC(C)OC(CC(=O)O)OC(C)C.[AlH3]. The quantitative estimate of drug-likeness (QED) is 0.521. The molecule has 4 nitrogen and oxygen atoms in total. The summed E-state index contributed by atoms with van der Waals surface area (Å²) in [5.41, 5.74) is 0. The molecule has 0 fully saturated rings. The highest BCUT2D eigenvalue weighted by atomic mass is 27.0. The second-order valence-electron chi connectivity index (χ2n) is 3.40. The van der Waals surface area contributed by atoms with Crippen molar-refractivity contribution in [3.8, 4) is 0 Å². The summed E-state index contributed by atoms with van der Waals surface area (Å²) < 4.78 is 10.5. The minimum absolute atomic E-state index is 0. The van der Waals surface area contributed by atoms with E-state index in [0.29, 0.717) is 0 Å². The van der Waals surface area contributed by atoms with E-state index in [1.807, 2.05) is 27.7 Å². The van der Waals surface area contributed by atoms with Gasteiger partial charge in [0.2, 0.25) is 0 Å². The monoisotopic (exact) mass is 220 g/mol. The van der Waals surface area contributed by atoms with Crippen LogP contribution in [0.2, 0.25) is 0 Å². The Balaban J connectivity index is 0. The van der Waals surface area contributed by atoms with E-state index < -0.39 is 12.3 Å². The van der Waals surface area contributed by atoms with E-state index in [1.54, 1.807) is 0 Å². The van der Waals surface area contributed by atoms with Gasteiger partial charge < -0.3 is 14.6 Å². The van der Waals surface area contributed by atoms with Gasteiger partial charge in [0.15, 0.2) is 23.7 Å². The molecule has 0 radical (unpaired) electrons. The van der Waals surface area contributed by atoms with Gasteiger partial charge in [0.05, 0.1) is 18.6 Å². The number of aliphatic carboxylic acids is 1. The molecule has 0 atom stereocenters. The molecule has 0 aliphatic rings. The Labute approximate surface area is 95.7 Å². The molecule has 0 heterocycles. The van der Waals surface area contributed by atoms with E-state index in [0.717, 1.165) is 0 Å². The average Bonchev–Trinajstić information content (AvgIpc) is 1.80. The zero-order valence-corrected chi connectivity index (χ0v) is 8.61. The van der Waals surface area contributed by atoms with Crippen molar-refractivity contribution in [3.63, 3.8) is 0 Å². The van der Waals surface area contributed by atoms with Gasteiger partial charge in [0.1, 0.15) is 0 Å². The smallest absolute Gasteiger partial charge is 0.308 e. The fraction of sp³-hybridized carbons (Fsp3) is 0.889.